The van der Waals surface area contributed by atoms with E-state index in [1.807, 2.05) is 0 Å². The number of carboxylic acids is 2. The van der Waals surface area contributed by atoms with Crippen molar-refractivity contribution in [1.29, 1.82) is 0 Å². The van der Waals surface area contributed by atoms with E-state index < -0.39 is 22.8 Å². The van der Waals surface area contributed by atoms with Gasteiger partial charge in [-0.2, -0.15) is 0 Å². The molecule has 0 atom stereocenters. The van der Waals surface area contributed by atoms with Crippen LogP contribution in [-0.2, 0) is 9.59 Å². The number of hydrogen-bond acceptors (Lipinski definition) is 2. The molecule has 0 heterocycles. The fourth-order valence-electron chi connectivity index (χ4n) is 1.70. The monoisotopic (exact) mass is 242 g/mol. The first-order valence-electron chi connectivity index (χ1n) is 4.67. The van der Waals surface area contributed by atoms with Gasteiger partial charge in [-0.15, -0.1) is 0 Å². The van der Waals surface area contributed by atoms with Crippen LogP contribution in [0.1, 0.15) is 40.5 Å². The summed E-state index contributed by atoms with van der Waals surface area (Å²) in [5.41, 5.74) is -2.47. The van der Waals surface area contributed by atoms with Gasteiger partial charge in [0.05, 0.1) is 0 Å². The van der Waals surface area contributed by atoms with Crippen molar-refractivity contribution in [3.05, 3.63) is 0 Å². The standard InChI is InChI=1S/C10H18O4.K.H/c1-5-6-10(7(11)12,8(13)14)9(2,3)4;;/h5-6H2,1-4H3,(H,11,12)(H,13,14);;. The molecule has 15 heavy (non-hydrogen) atoms. The van der Waals surface area contributed by atoms with E-state index in [9.17, 15) is 9.59 Å². The third-order valence-corrected chi connectivity index (χ3v) is 2.64. The van der Waals surface area contributed by atoms with E-state index in [2.05, 4.69) is 0 Å². The van der Waals surface area contributed by atoms with Gasteiger partial charge in [-0.05, 0) is 11.8 Å². The van der Waals surface area contributed by atoms with E-state index in [0.717, 1.165) is 0 Å². The van der Waals surface area contributed by atoms with Crippen molar-refractivity contribution in [2.75, 3.05) is 0 Å². The zero-order valence-corrected chi connectivity index (χ0v) is 9.13. The summed E-state index contributed by atoms with van der Waals surface area (Å²) in [6.45, 7) is 6.72. The fraction of sp³-hybridized carbons (Fsp3) is 0.800. The van der Waals surface area contributed by atoms with E-state index in [-0.39, 0.29) is 57.8 Å². The second kappa shape index (κ2) is 6.35. The van der Waals surface area contributed by atoms with Gasteiger partial charge in [-0.25, -0.2) is 0 Å². The van der Waals surface area contributed by atoms with Crippen LogP contribution in [0.5, 0.6) is 0 Å². The Kier molecular flexibility index (Phi) is 7.60. The summed E-state index contributed by atoms with van der Waals surface area (Å²) in [7, 11) is 0. The molecule has 0 unspecified atom stereocenters. The molecular formula is C10H19KO4. The van der Waals surface area contributed by atoms with Crippen LogP contribution >= 0.6 is 0 Å². The van der Waals surface area contributed by atoms with Crippen LogP contribution in [0, 0.1) is 10.8 Å². The number of hydrogen-bond donors (Lipinski definition) is 2. The first kappa shape index (κ1) is 18.0. The Labute approximate surface area is 133 Å². The third-order valence-electron chi connectivity index (χ3n) is 2.64. The van der Waals surface area contributed by atoms with Crippen LogP contribution < -0.4 is 0 Å². The Hall–Kier alpha value is 0.576. The van der Waals surface area contributed by atoms with Crippen LogP contribution in [0.2, 0.25) is 0 Å². The van der Waals surface area contributed by atoms with Crippen molar-refractivity contribution in [1.82, 2.24) is 0 Å². The second-order valence-corrected chi connectivity index (χ2v) is 4.52. The molecule has 5 heteroatoms. The summed E-state index contributed by atoms with van der Waals surface area (Å²) in [5.74, 6) is -2.50. The molecule has 0 aliphatic rings. The molecule has 0 aliphatic carbocycles. The summed E-state index contributed by atoms with van der Waals surface area (Å²) in [4.78, 5) is 22.2. The van der Waals surface area contributed by atoms with E-state index >= 15 is 0 Å². The molecule has 0 amide bonds. The average molecular weight is 242 g/mol. The van der Waals surface area contributed by atoms with Gasteiger partial charge in [0.2, 0.25) is 0 Å². The first-order chi connectivity index (χ1) is 6.20. The van der Waals surface area contributed by atoms with Gasteiger partial charge in [0.25, 0.3) is 0 Å². The Bertz CT molecular complexity index is 228. The number of carboxylic acid groups (broad SMARTS) is 2. The van der Waals surface area contributed by atoms with Crippen LogP contribution in [0.25, 0.3) is 0 Å². The SMILES string of the molecule is CCCC(C(=O)O)(C(=O)O)C(C)(C)C.[KH]. The zero-order chi connectivity index (χ0) is 11.6. The maximum absolute atomic E-state index is 11.1. The van der Waals surface area contributed by atoms with Crippen molar-refractivity contribution in [2.24, 2.45) is 10.8 Å². The zero-order valence-electron chi connectivity index (χ0n) is 9.13. The Morgan fingerprint density at radius 1 is 1.07 bits per heavy atom. The molecule has 0 aromatic rings. The van der Waals surface area contributed by atoms with Gasteiger partial charge in [-0.3, -0.25) is 9.59 Å². The summed E-state index contributed by atoms with van der Waals surface area (Å²) < 4.78 is 0. The van der Waals surface area contributed by atoms with Crippen molar-refractivity contribution in [2.45, 2.75) is 40.5 Å². The molecule has 0 aromatic heterocycles. The topological polar surface area (TPSA) is 74.6 Å². The molecule has 4 nitrogen and oxygen atoms in total. The van der Waals surface area contributed by atoms with Gasteiger partial charge >= 0.3 is 63.3 Å². The van der Waals surface area contributed by atoms with Gasteiger partial charge in [0.1, 0.15) is 0 Å². The van der Waals surface area contributed by atoms with Crippen LogP contribution in [0.4, 0.5) is 0 Å². The van der Waals surface area contributed by atoms with Crippen molar-refractivity contribution < 1.29 is 19.8 Å². The van der Waals surface area contributed by atoms with Crippen LogP contribution in [-0.4, -0.2) is 73.5 Å². The third kappa shape index (κ3) is 3.52. The molecule has 0 saturated heterocycles. The van der Waals surface area contributed by atoms with E-state index in [1.165, 1.54) is 0 Å². The summed E-state index contributed by atoms with van der Waals surface area (Å²) in [5, 5.41) is 18.2. The summed E-state index contributed by atoms with van der Waals surface area (Å²) >= 11 is 0. The average Bonchev–Trinajstić information content (AvgIpc) is 1.95. The molecule has 0 radical (unpaired) electrons. The number of rotatable bonds is 4. The predicted octanol–water partition coefficient (Wildman–Crippen LogP) is 1.34. The van der Waals surface area contributed by atoms with Crippen molar-refractivity contribution in [3.8, 4) is 0 Å². The number of carbonyl (C=O) groups is 2. The van der Waals surface area contributed by atoms with E-state index in [4.69, 9.17) is 10.2 Å². The molecule has 2 N–H and O–H groups in total. The summed E-state index contributed by atoms with van der Waals surface area (Å²) in [6.07, 6.45) is 0.692. The van der Waals surface area contributed by atoms with E-state index in [1.54, 1.807) is 27.7 Å². The van der Waals surface area contributed by atoms with Gasteiger partial charge in [0.15, 0.2) is 5.41 Å². The molecule has 0 fully saturated rings. The Morgan fingerprint density at radius 2 is 1.40 bits per heavy atom. The minimum absolute atomic E-state index is 0. The summed E-state index contributed by atoms with van der Waals surface area (Å²) in [6, 6.07) is 0. The van der Waals surface area contributed by atoms with Gasteiger partial charge < -0.3 is 10.2 Å². The Balaban J connectivity index is 0. The van der Waals surface area contributed by atoms with Crippen LogP contribution in [0.15, 0.2) is 0 Å². The fourth-order valence-corrected chi connectivity index (χ4v) is 1.70. The van der Waals surface area contributed by atoms with Crippen LogP contribution in [0.3, 0.4) is 0 Å². The normalized spacial score (nSPS) is 11.7. The van der Waals surface area contributed by atoms with Crippen molar-refractivity contribution in [3.63, 3.8) is 0 Å². The molecular weight excluding hydrogens is 223 g/mol. The molecule has 0 bridgehead atoms. The van der Waals surface area contributed by atoms with Gasteiger partial charge in [-0.1, -0.05) is 34.1 Å². The second-order valence-electron chi connectivity index (χ2n) is 4.52. The first-order valence-corrected chi connectivity index (χ1v) is 4.67. The maximum atomic E-state index is 11.1. The predicted molar refractivity (Wildman–Crippen MR) is 59.2 cm³/mol. The molecule has 0 rings (SSSR count). The quantitative estimate of drug-likeness (QED) is 0.576. The number of aliphatic carboxylic acids is 2. The minimum atomic E-state index is -1.68. The molecule has 0 aliphatic heterocycles. The Morgan fingerprint density at radius 3 is 1.47 bits per heavy atom. The molecule has 84 valence electrons. The molecule has 0 spiro atoms. The van der Waals surface area contributed by atoms with Gasteiger partial charge in [0, 0.05) is 0 Å². The molecule has 0 saturated carbocycles. The van der Waals surface area contributed by atoms with E-state index in [0.29, 0.717) is 6.42 Å². The van der Waals surface area contributed by atoms with Crippen molar-refractivity contribution >= 4 is 63.3 Å². The molecule has 0 aromatic carbocycles.